The van der Waals surface area contributed by atoms with Crippen LogP contribution in [0.15, 0.2) is 66.9 Å². The van der Waals surface area contributed by atoms with Gasteiger partial charge in [-0.3, -0.25) is 9.78 Å². The van der Waals surface area contributed by atoms with Crippen molar-refractivity contribution in [3.8, 4) is 0 Å². The van der Waals surface area contributed by atoms with Crippen LogP contribution < -0.4 is 10.6 Å². The molecule has 1 aromatic heterocycles. The van der Waals surface area contributed by atoms with Gasteiger partial charge >= 0.3 is 0 Å². The second-order valence-corrected chi connectivity index (χ2v) is 5.43. The number of amides is 1. The maximum Gasteiger partial charge on any atom is 0.274 e. The number of nitrogens with zero attached hydrogens (tertiary/aromatic N) is 1. The third-order valence-electron chi connectivity index (χ3n) is 3.25. The summed E-state index contributed by atoms with van der Waals surface area (Å²) in [6.07, 6.45) is 1.49. The van der Waals surface area contributed by atoms with Crippen molar-refractivity contribution in [2.24, 2.45) is 0 Å². The number of halogens is 2. The highest BCUT2D eigenvalue weighted by atomic mass is 35.5. The quantitative estimate of drug-likeness (QED) is 0.711. The first-order valence-electron chi connectivity index (χ1n) is 7.16. The van der Waals surface area contributed by atoms with E-state index < -0.39 is 0 Å². The van der Waals surface area contributed by atoms with Gasteiger partial charge in [0, 0.05) is 22.6 Å². The van der Waals surface area contributed by atoms with Crippen molar-refractivity contribution >= 4 is 34.6 Å². The molecule has 3 aromatic rings. The number of rotatable bonds is 4. The third-order valence-corrected chi connectivity index (χ3v) is 3.50. The molecule has 1 amide bonds. The molecule has 0 saturated heterocycles. The fourth-order valence-corrected chi connectivity index (χ4v) is 2.20. The van der Waals surface area contributed by atoms with Gasteiger partial charge in [-0.15, -0.1) is 0 Å². The van der Waals surface area contributed by atoms with Crippen LogP contribution in [0.4, 0.5) is 21.5 Å². The van der Waals surface area contributed by atoms with Crippen LogP contribution in [0.1, 0.15) is 10.5 Å². The smallest absolute Gasteiger partial charge is 0.274 e. The molecular weight excluding hydrogens is 329 g/mol. The highest BCUT2D eigenvalue weighted by Gasteiger charge is 2.09. The summed E-state index contributed by atoms with van der Waals surface area (Å²) in [6.45, 7) is 0. The number of anilines is 3. The van der Waals surface area contributed by atoms with E-state index in [1.807, 2.05) is 0 Å². The molecule has 0 radical (unpaired) electrons. The molecule has 2 N–H and O–H groups in total. The lowest BCUT2D eigenvalue weighted by Gasteiger charge is -2.09. The number of aromatic nitrogens is 1. The molecule has 0 bridgehead atoms. The van der Waals surface area contributed by atoms with E-state index in [1.165, 1.54) is 12.3 Å². The monoisotopic (exact) mass is 341 g/mol. The largest absolute Gasteiger partial charge is 0.353 e. The molecule has 3 rings (SSSR count). The van der Waals surface area contributed by atoms with Crippen LogP contribution >= 0.6 is 11.6 Å². The lowest BCUT2D eigenvalue weighted by atomic mass is 10.2. The van der Waals surface area contributed by atoms with Crippen LogP contribution in [0.3, 0.4) is 0 Å². The third kappa shape index (κ3) is 3.88. The second kappa shape index (κ2) is 7.10. The standard InChI is InChI=1S/C18H13ClFN3O/c19-12-5-7-13(8-6-12)23-18(24)17-11-14(9-10-21-17)22-16-4-2-1-3-15(16)20/h1-11H,(H,21,22)(H,23,24). The van der Waals surface area contributed by atoms with Gasteiger partial charge in [-0.2, -0.15) is 0 Å². The predicted molar refractivity (Wildman–Crippen MR) is 93.3 cm³/mol. The summed E-state index contributed by atoms with van der Waals surface area (Å²) in [5.74, 6) is -0.740. The van der Waals surface area contributed by atoms with Gasteiger partial charge in [0.15, 0.2) is 0 Å². The predicted octanol–water partition coefficient (Wildman–Crippen LogP) is 4.87. The van der Waals surface area contributed by atoms with Crippen LogP contribution in [-0.4, -0.2) is 10.9 Å². The molecule has 0 fully saturated rings. The molecule has 0 atom stereocenters. The molecule has 0 aliphatic heterocycles. The average molecular weight is 342 g/mol. The van der Waals surface area contributed by atoms with Crippen molar-refractivity contribution in [1.29, 1.82) is 0 Å². The number of hydrogen-bond donors (Lipinski definition) is 2. The number of benzene rings is 2. The van der Waals surface area contributed by atoms with E-state index in [-0.39, 0.29) is 17.4 Å². The van der Waals surface area contributed by atoms with E-state index in [0.717, 1.165) is 0 Å². The van der Waals surface area contributed by atoms with E-state index in [1.54, 1.807) is 54.6 Å². The van der Waals surface area contributed by atoms with E-state index in [0.29, 0.717) is 22.1 Å². The first-order valence-corrected chi connectivity index (χ1v) is 7.54. The zero-order valence-electron chi connectivity index (χ0n) is 12.5. The van der Waals surface area contributed by atoms with Crippen LogP contribution in [0.5, 0.6) is 0 Å². The van der Waals surface area contributed by atoms with Crippen molar-refractivity contribution < 1.29 is 9.18 Å². The van der Waals surface area contributed by atoms with Crippen molar-refractivity contribution in [2.45, 2.75) is 0 Å². The molecule has 4 nitrogen and oxygen atoms in total. The number of nitrogens with one attached hydrogen (secondary N) is 2. The zero-order valence-corrected chi connectivity index (χ0v) is 13.2. The van der Waals surface area contributed by atoms with Crippen molar-refractivity contribution in [2.75, 3.05) is 10.6 Å². The first kappa shape index (κ1) is 16.0. The molecule has 0 aliphatic carbocycles. The fourth-order valence-electron chi connectivity index (χ4n) is 2.08. The summed E-state index contributed by atoms with van der Waals surface area (Å²) >= 11 is 5.81. The van der Waals surface area contributed by atoms with Crippen LogP contribution in [0.2, 0.25) is 5.02 Å². The van der Waals surface area contributed by atoms with E-state index in [9.17, 15) is 9.18 Å². The number of carbonyl (C=O) groups is 1. The van der Waals surface area contributed by atoms with Gasteiger partial charge in [-0.25, -0.2) is 4.39 Å². The Balaban J connectivity index is 1.76. The topological polar surface area (TPSA) is 54.0 Å². The lowest BCUT2D eigenvalue weighted by molar-refractivity contribution is 0.102. The van der Waals surface area contributed by atoms with Gasteiger partial charge in [0.05, 0.1) is 5.69 Å². The van der Waals surface area contributed by atoms with E-state index >= 15 is 0 Å². The minimum absolute atomic E-state index is 0.214. The van der Waals surface area contributed by atoms with Gasteiger partial charge < -0.3 is 10.6 Å². The Bertz CT molecular complexity index is 868. The summed E-state index contributed by atoms with van der Waals surface area (Å²) in [4.78, 5) is 16.3. The summed E-state index contributed by atoms with van der Waals surface area (Å²) in [5.41, 5.74) is 1.72. The Kier molecular flexibility index (Phi) is 4.72. The molecule has 0 spiro atoms. The highest BCUT2D eigenvalue weighted by Crippen LogP contribution is 2.20. The Morgan fingerprint density at radius 3 is 2.50 bits per heavy atom. The fraction of sp³-hybridized carbons (Fsp3) is 0. The summed E-state index contributed by atoms with van der Waals surface area (Å²) in [6, 6.07) is 16.3. The summed E-state index contributed by atoms with van der Waals surface area (Å²) in [7, 11) is 0. The molecule has 6 heteroatoms. The van der Waals surface area contributed by atoms with Gasteiger partial charge in [0.1, 0.15) is 11.5 Å². The van der Waals surface area contributed by atoms with Gasteiger partial charge in [-0.1, -0.05) is 23.7 Å². The van der Waals surface area contributed by atoms with Gasteiger partial charge in [0.25, 0.3) is 5.91 Å². The number of carbonyl (C=O) groups excluding carboxylic acids is 1. The molecule has 0 unspecified atom stereocenters. The summed E-state index contributed by atoms with van der Waals surface area (Å²) in [5, 5.41) is 6.24. The van der Waals surface area contributed by atoms with E-state index in [2.05, 4.69) is 15.6 Å². The Morgan fingerprint density at radius 2 is 1.75 bits per heavy atom. The molecule has 24 heavy (non-hydrogen) atoms. The van der Waals surface area contributed by atoms with Gasteiger partial charge in [0.2, 0.25) is 0 Å². The molecule has 120 valence electrons. The van der Waals surface area contributed by atoms with Crippen molar-refractivity contribution in [1.82, 2.24) is 4.98 Å². The lowest BCUT2D eigenvalue weighted by Crippen LogP contribution is -2.13. The zero-order chi connectivity index (χ0) is 16.9. The second-order valence-electron chi connectivity index (χ2n) is 5.00. The minimum Gasteiger partial charge on any atom is -0.353 e. The Hall–Kier alpha value is -2.92. The molecule has 0 saturated carbocycles. The molecule has 2 aromatic carbocycles. The van der Waals surface area contributed by atoms with Crippen LogP contribution in [0.25, 0.3) is 0 Å². The maximum absolute atomic E-state index is 13.7. The van der Waals surface area contributed by atoms with Crippen molar-refractivity contribution in [3.05, 3.63) is 83.4 Å². The Labute approximate surface area is 143 Å². The Morgan fingerprint density at radius 1 is 1.00 bits per heavy atom. The van der Waals surface area contributed by atoms with Gasteiger partial charge in [-0.05, 0) is 48.5 Å². The van der Waals surface area contributed by atoms with E-state index in [4.69, 9.17) is 11.6 Å². The van der Waals surface area contributed by atoms with Crippen molar-refractivity contribution in [3.63, 3.8) is 0 Å². The molecule has 0 aliphatic rings. The minimum atomic E-state index is -0.374. The molecular formula is C18H13ClFN3O. The maximum atomic E-state index is 13.7. The average Bonchev–Trinajstić information content (AvgIpc) is 2.59. The number of pyridine rings is 1. The number of para-hydroxylation sites is 1. The number of hydrogen-bond acceptors (Lipinski definition) is 3. The van der Waals surface area contributed by atoms with Crippen LogP contribution in [-0.2, 0) is 0 Å². The highest BCUT2D eigenvalue weighted by molar-refractivity contribution is 6.30. The first-order chi connectivity index (χ1) is 11.6. The normalized spacial score (nSPS) is 10.2. The molecule has 1 heterocycles. The SMILES string of the molecule is O=C(Nc1ccc(Cl)cc1)c1cc(Nc2ccccc2F)ccn1. The summed E-state index contributed by atoms with van der Waals surface area (Å²) < 4.78 is 13.7. The van der Waals surface area contributed by atoms with Crippen LogP contribution in [0, 0.1) is 5.82 Å².